The van der Waals surface area contributed by atoms with Crippen LogP contribution in [0.2, 0.25) is 0 Å². The van der Waals surface area contributed by atoms with Gasteiger partial charge in [-0.2, -0.15) is 0 Å². The van der Waals surface area contributed by atoms with Crippen molar-refractivity contribution in [2.75, 3.05) is 6.61 Å². The summed E-state index contributed by atoms with van der Waals surface area (Å²) in [6, 6.07) is 0. The second-order valence-corrected chi connectivity index (χ2v) is 12.0. The summed E-state index contributed by atoms with van der Waals surface area (Å²) >= 11 is 0. The van der Waals surface area contributed by atoms with Gasteiger partial charge >= 0.3 is 11.9 Å². The first-order valence-electron chi connectivity index (χ1n) is 13.4. The van der Waals surface area contributed by atoms with Crippen molar-refractivity contribution in [3.8, 4) is 0 Å². The Morgan fingerprint density at radius 3 is 2.42 bits per heavy atom. The van der Waals surface area contributed by atoms with E-state index >= 15 is 0 Å². The average molecular weight is 499 g/mol. The van der Waals surface area contributed by atoms with Crippen molar-refractivity contribution in [2.24, 2.45) is 34.5 Å². The first-order chi connectivity index (χ1) is 16.9. The molecule has 0 aromatic rings. The van der Waals surface area contributed by atoms with Gasteiger partial charge in [0.2, 0.25) is 5.78 Å². The van der Waals surface area contributed by atoms with Gasteiger partial charge in [0, 0.05) is 29.6 Å². The quantitative estimate of drug-likeness (QED) is 0.401. The van der Waals surface area contributed by atoms with E-state index in [1.165, 1.54) is 0 Å². The third kappa shape index (κ3) is 3.01. The van der Waals surface area contributed by atoms with Crippen molar-refractivity contribution in [2.45, 2.75) is 91.0 Å². The lowest BCUT2D eigenvalue weighted by Gasteiger charge is -2.57. The molecule has 0 aromatic carbocycles. The number of allylic oxidation sites excluding steroid dienone is 2. The lowest BCUT2D eigenvalue weighted by atomic mass is 9.45. The van der Waals surface area contributed by atoms with Crippen LogP contribution in [0.4, 0.5) is 0 Å². The molecule has 1 heterocycles. The number of carbonyl (C=O) groups excluding carboxylic acids is 4. The molecule has 36 heavy (non-hydrogen) atoms. The summed E-state index contributed by atoms with van der Waals surface area (Å²) in [4.78, 5) is 50.8. The van der Waals surface area contributed by atoms with Crippen LogP contribution in [0.25, 0.3) is 0 Å². The highest BCUT2D eigenvalue weighted by Crippen LogP contribution is 2.77. The van der Waals surface area contributed by atoms with Crippen molar-refractivity contribution in [3.63, 3.8) is 0 Å². The number of carbonyl (C=O) groups is 4. The van der Waals surface area contributed by atoms with E-state index in [0.717, 1.165) is 12.0 Å². The minimum atomic E-state index is -1.38. The Morgan fingerprint density at radius 2 is 1.75 bits per heavy atom. The van der Waals surface area contributed by atoms with Crippen LogP contribution in [0, 0.1) is 34.5 Å². The van der Waals surface area contributed by atoms with E-state index < -0.39 is 35.2 Å². The molecule has 0 radical (unpaired) electrons. The average Bonchev–Trinajstić information content (AvgIpc) is 3.52. The van der Waals surface area contributed by atoms with E-state index in [2.05, 4.69) is 20.8 Å². The lowest BCUT2D eigenvalue weighted by molar-refractivity contribution is -0.195. The highest BCUT2D eigenvalue weighted by molar-refractivity contribution is 6.01. The molecule has 0 bridgehead atoms. The largest absolute Gasteiger partial charge is 0.457 e. The fourth-order valence-electron chi connectivity index (χ4n) is 8.83. The molecule has 1 unspecified atom stereocenters. The number of ketones is 2. The standard InChI is InChI=1S/C29H38O7/c1-7-24(32)34-15-22(31)28(36-25(33)8-2)17(4)12-20-21-11-16(3)19-13-18(30)9-10-26(19,5)29(21)23(35-29)14-27(20,28)6/h9-10,13,16-17,20-21,23H,7-8,11-12,14-15H2,1-6H3/t16-,17-,20-,21-,23-,26-,27-,28-,29?/m0/s1. The topological polar surface area (TPSA) is 99.3 Å². The van der Waals surface area contributed by atoms with E-state index in [-0.39, 0.29) is 59.6 Å². The van der Waals surface area contributed by atoms with Crippen LogP contribution in [-0.2, 0) is 33.4 Å². The molecule has 0 amide bonds. The Kier molecular flexibility index (Phi) is 5.71. The van der Waals surface area contributed by atoms with Gasteiger partial charge < -0.3 is 14.2 Å². The molecule has 1 saturated heterocycles. The Balaban J connectivity index is 1.57. The number of hydrogen-bond donors (Lipinski definition) is 0. The summed E-state index contributed by atoms with van der Waals surface area (Å²) in [5.41, 5.74) is -1.71. The fourth-order valence-corrected chi connectivity index (χ4v) is 8.83. The summed E-state index contributed by atoms with van der Waals surface area (Å²) < 4.78 is 18.1. The van der Waals surface area contributed by atoms with Crippen molar-refractivity contribution in [1.82, 2.24) is 0 Å². The van der Waals surface area contributed by atoms with Crippen LogP contribution in [0.5, 0.6) is 0 Å². The van der Waals surface area contributed by atoms with Crippen LogP contribution in [0.3, 0.4) is 0 Å². The van der Waals surface area contributed by atoms with Gasteiger partial charge in [0.05, 0.1) is 6.10 Å². The molecule has 4 aliphatic carbocycles. The summed E-state index contributed by atoms with van der Waals surface area (Å²) in [7, 11) is 0. The Morgan fingerprint density at radius 1 is 1.06 bits per heavy atom. The molecular weight excluding hydrogens is 460 g/mol. The minimum absolute atomic E-state index is 0.0224. The fraction of sp³-hybridized carbons (Fsp3) is 0.724. The molecule has 7 nitrogen and oxygen atoms in total. The molecule has 9 atom stereocenters. The number of Topliss-reactive ketones (excluding diaryl/α,β-unsaturated/α-hetero) is 1. The van der Waals surface area contributed by atoms with Crippen LogP contribution < -0.4 is 0 Å². The van der Waals surface area contributed by atoms with Crippen LogP contribution in [0.1, 0.15) is 73.6 Å². The van der Waals surface area contributed by atoms with Crippen molar-refractivity contribution < 1.29 is 33.4 Å². The Labute approximate surface area is 213 Å². The molecule has 7 heteroatoms. The molecule has 0 N–H and O–H groups in total. The number of fused-ring (bicyclic) bond motifs is 3. The molecule has 1 spiro atoms. The van der Waals surface area contributed by atoms with Crippen LogP contribution >= 0.6 is 0 Å². The smallest absolute Gasteiger partial charge is 0.306 e. The highest BCUT2D eigenvalue weighted by Gasteiger charge is 2.83. The number of ether oxygens (including phenoxy) is 3. The maximum Gasteiger partial charge on any atom is 0.306 e. The van der Waals surface area contributed by atoms with Gasteiger partial charge in [0.25, 0.3) is 0 Å². The first-order valence-corrected chi connectivity index (χ1v) is 13.4. The van der Waals surface area contributed by atoms with E-state index in [1.807, 2.05) is 13.0 Å². The van der Waals surface area contributed by atoms with Crippen molar-refractivity contribution in [1.29, 1.82) is 0 Å². The molecule has 196 valence electrons. The lowest BCUT2D eigenvalue weighted by Crippen LogP contribution is -2.64. The molecule has 4 fully saturated rings. The van der Waals surface area contributed by atoms with E-state index in [1.54, 1.807) is 26.0 Å². The molecule has 5 aliphatic rings. The van der Waals surface area contributed by atoms with Gasteiger partial charge in [0.15, 0.2) is 18.0 Å². The Hall–Kier alpha value is -2.28. The number of epoxide rings is 1. The molecule has 1 aliphatic heterocycles. The molecule has 3 saturated carbocycles. The number of esters is 2. The van der Waals surface area contributed by atoms with Crippen molar-refractivity contribution in [3.05, 3.63) is 23.8 Å². The van der Waals surface area contributed by atoms with Gasteiger partial charge in [0.1, 0.15) is 5.60 Å². The second-order valence-electron chi connectivity index (χ2n) is 12.0. The van der Waals surface area contributed by atoms with Gasteiger partial charge in [-0.05, 0) is 56.1 Å². The van der Waals surface area contributed by atoms with Gasteiger partial charge in [-0.15, -0.1) is 0 Å². The van der Waals surface area contributed by atoms with Crippen molar-refractivity contribution >= 4 is 23.5 Å². The summed E-state index contributed by atoms with van der Waals surface area (Å²) in [6.45, 7) is 11.4. The first kappa shape index (κ1) is 25.4. The van der Waals surface area contributed by atoms with E-state index in [4.69, 9.17) is 14.2 Å². The van der Waals surface area contributed by atoms with Gasteiger partial charge in [-0.25, -0.2) is 0 Å². The summed E-state index contributed by atoms with van der Waals surface area (Å²) in [6.07, 6.45) is 7.85. The summed E-state index contributed by atoms with van der Waals surface area (Å²) in [5.74, 6) is -1.00. The third-order valence-corrected chi connectivity index (χ3v) is 10.4. The predicted octanol–water partition coefficient (Wildman–Crippen LogP) is 4.13. The van der Waals surface area contributed by atoms with Crippen LogP contribution in [0.15, 0.2) is 23.8 Å². The number of hydrogen-bond acceptors (Lipinski definition) is 7. The highest BCUT2D eigenvalue weighted by atomic mass is 16.6. The van der Waals surface area contributed by atoms with E-state index in [9.17, 15) is 19.2 Å². The molecule has 5 rings (SSSR count). The second kappa shape index (κ2) is 8.11. The zero-order valence-electron chi connectivity index (χ0n) is 22.2. The maximum absolute atomic E-state index is 13.9. The SMILES string of the molecule is CCC(=O)OCC(=O)[C@@]1(OC(=O)CC)[C@@H](C)C[C@H]2[C@@H]3C[C@H](C)C4=CC(=O)C=C[C@]4(C)C34O[C@H]4C[C@@]21C. The monoisotopic (exact) mass is 498 g/mol. The number of rotatable bonds is 6. The molecular formula is C29H38O7. The molecule has 0 aromatic heterocycles. The predicted molar refractivity (Wildman–Crippen MR) is 131 cm³/mol. The maximum atomic E-state index is 13.9. The summed E-state index contributed by atoms with van der Waals surface area (Å²) in [5, 5.41) is 0. The van der Waals surface area contributed by atoms with E-state index in [0.29, 0.717) is 12.8 Å². The minimum Gasteiger partial charge on any atom is -0.457 e. The van der Waals surface area contributed by atoms with Gasteiger partial charge in [-0.3, -0.25) is 19.2 Å². The third-order valence-electron chi connectivity index (χ3n) is 10.4. The normalized spacial score (nSPS) is 46.0. The van der Waals surface area contributed by atoms with Gasteiger partial charge in [-0.1, -0.05) is 46.3 Å². The zero-order chi connectivity index (χ0) is 26.3. The zero-order valence-corrected chi connectivity index (χ0v) is 22.2. The Bertz CT molecular complexity index is 1090. The van der Waals surface area contributed by atoms with Crippen LogP contribution in [-0.4, -0.2) is 47.4 Å².